The van der Waals surface area contributed by atoms with Gasteiger partial charge in [-0.3, -0.25) is 0 Å². The van der Waals surface area contributed by atoms with Crippen LogP contribution in [0.15, 0.2) is 187 Å². The molecule has 0 aromatic heterocycles. The Balaban J connectivity index is 1.16. The van der Waals surface area contributed by atoms with Gasteiger partial charge in [-0.05, 0) is 38.9 Å². The van der Waals surface area contributed by atoms with Crippen molar-refractivity contribution in [2.45, 2.75) is 107 Å². The highest BCUT2D eigenvalue weighted by Crippen LogP contribution is 2.38. The molecule has 6 aromatic carbocycles. The molecule has 1 saturated heterocycles. The maximum absolute atomic E-state index is 12.6. The summed E-state index contributed by atoms with van der Waals surface area (Å²) in [5, 5.41) is 16.9. The maximum atomic E-state index is 12.6. The van der Waals surface area contributed by atoms with Gasteiger partial charge in [0.2, 0.25) is 0 Å². The Labute approximate surface area is 398 Å². The topological polar surface area (TPSA) is 152 Å². The minimum absolute atomic E-state index is 0.0580. The van der Waals surface area contributed by atoms with Gasteiger partial charge >= 0.3 is 0 Å². The van der Waals surface area contributed by atoms with Gasteiger partial charge in [0.1, 0.15) is 61.0 Å². The number of benzene rings is 6. The van der Waals surface area contributed by atoms with Crippen LogP contribution in [0.3, 0.4) is 0 Å². The first-order valence-corrected chi connectivity index (χ1v) is 23.0. The third kappa shape index (κ3) is 13.3. The second-order valence-electron chi connectivity index (χ2n) is 16.8. The van der Waals surface area contributed by atoms with Gasteiger partial charge in [0.05, 0.1) is 46.2 Å². The predicted octanol–water partition coefficient (Wildman–Crippen LogP) is 9.31. The highest BCUT2D eigenvalue weighted by Gasteiger charge is 2.56. The van der Waals surface area contributed by atoms with Gasteiger partial charge in [0.15, 0.2) is 6.29 Å². The minimum Gasteiger partial charge on any atom is -0.387 e. The van der Waals surface area contributed by atoms with Gasteiger partial charge in [-0.2, -0.15) is 0 Å². The molecule has 13 nitrogen and oxygen atoms in total. The SMILES string of the molecule is CO[C@H]1[C@@H](O)[C@H](O[C@H]2O[C@H](COCc3ccccc3)[C@H](OCc3ccccc3)[C@H](OCc3ccccc3)[C@H]2N=[N+]=[N-])[C@@H](OCc2ccccc2)[C@H](OCc2ccccc2)[C@H]1OCc1ccccc1. The Morgan fingerprint density at radius 3 is 1.18 bits per heavy atom. The lowest BCUT2D eigenvalue weighted by Gasteiger charge is -2.51. The average Bonchev–Trinajstić information content (AvgIpc) is 3.39. The number of methoxy groups -OCH3 is 1. The predicted molar refractivity (Wildman–Crippen MR) is 254 cm³/mol. The smallest absolute Gasteiger partial charge is 0.169 e. The van der Waals surface area contributed by atoms with Crippen LogP contribution in [0.2, 0.25) is 0 Å². The van der Waals surface area contributed by atoms with Crippen molar-refractivity contribution in [1.82, 2.24) is 0 Å². The molecule has 1 aliphatic carbocycles. The van der Waals surface area contributed by atoms with Crippen LogP contribution in [0.1, 0.15) is 33.4 Å². The van der Waals surface area contributed by atoms with E-state index in [1.165, 1.54) is 7.11 Å². The van der Waals surface area contributed by atoms with Gasteiger partial charge in [0.25, 0.3) is 0 Å². The fraction of sp³-hybridized carbons (Fsp3) is 0.345. The summed E-state index contributed by atoms with van der Waals surface area (Å²) in [4.78, 5) is 3.31. The van der Waals surface area contributed by atoms with Crippen molar-refractivity contribution in [1.29, 1.82) is 0 Å². The standard InChI is InChI=1S/C55H59N3O10/c1-60-50-47(59)51(53(65-36-43-28-16-6-17-29-43)54(66-37-44-30-18-7-19-31-44)52(50)64-35-42-26-14-5-15-27-42)68-55-46(57-58-56)49(63-34-41-24-12-4-13-25-41)48(62-33-40-22-10-3-11-23-40)45(67-55)38-61-32-39-20-8-2-9-21-39/h2-31,45-55,59H,32-38H2,1H3/t45-,46-,47-,48+,49-,50+,51+,52+,53-,54-,55-/m1/s1. The monoisotopic (exact) mass is 921 g/mol. The molecule has 0 unspecified atom stereocenters. The third-order valence-electron chi connectivity index (χ3n) is 12.2. The number of aliphatic hydroxyl groups is 1. The summed E-state index contributed by atoms with van der Waals surface area (Å²) in [6.45, 7) is 1.27. The summed E-state index contributed by atoms with van der Waals surface area (Å²) < 4.78 is 60.4. The van der Waals surface area contributed by atoms with E-state index in [1.807, 2.05) is 182 Å². The summed E-state index contributed by atoms with van der Waals surface area (Å²) in [5.74, 6) is 0. The van der Waals surface area contributed by atoms with E-state index in [0.29, 0.717) is 6.61 Å². The molecule has 1 N–H and O–H groups in total. The molecule has 2 aliphatic rings. The molecule has 354 valence electrons. The van der Waals surface area contributed by atoms with Gasteiger partial charge < -0.3 is 47.7 Å². The fourth-order valence-corrected chi connectivity index (χ4v) is 8.71. The third-order valence-corrected chi connectivity index (χ3v) is 12.2. The molecule has 8 rings (SSSR count). The van der Waals surface area contributed by atoms with E-state index < -0.39 is 67.3 Å². The molecule has 6 aromatic rings. The van der Waals surface area contributed by atoms with Gasteiger partial charge in [-0.25, -0.2) is 0 Å². The normalized spacial score (nSPS) is 25.9. The van der Waals surface area contributed by atoms with E-state index in [2.05, 4.69) is 10.0 Å². The zero-order valence-electron chi connectivity index (χ0n) is 38.1. The van der Waals surface area contributed by atoms with Gasteiger partial charge in [-0.15, -0.1) is 0 Å². The second-order valence-corrected chi connectivity index (χ2v) is 16.8. The lowest BCUT2D eigenvalue weighted by atomic mass is 9.83. The Bertz CT molecular complexity index is 2390. The quantitative estimate of drug-likeness (QED) is 0.0374. The van der Waals surface area contributed by atoms with Crippen molar-refractivity contribution in [2.24, 2.45) is 5.11 Å². The Kier molecular flexibility index (Phi) is 18.3. The first kappa shape index (κ1) is 48.7. The first-order valence-electron chi connectivity index (χ1n) is 23.0. The Morgan fingerprint density at radius 2 is 0.794 bits per heavy atom. The van der Waals surface area contributed by atoms with Crippen molar-refractivity contribution < 1.29 is 47.7 Å². The first-order chi connectivity index (χ1) is 33.6. The van der Waals surface area contributed by atoms with Crippen LogP contribution >= 0.6 is 0 Å². The number of hydrogen-bond acceptors (Lipinski definition) is 11. The number of hydrogen-bond donors (Lipinski definition) is 1. The van der Waals surface area contributed by atoms with Crippen molar-refractivity contribution in [2.75, 3.05) is 13.7 Å². The van der Waals surface area contributed by atoms with Crippen LogP contribution in [0.5, 0.6) is 0 Å². The van der Waals surface area contributed by atoms with E-state index in [4.69, 9.17) is 42.6 Å². The summed E-state index contributed by atoms with van der Waals surface area (Å²) >= 11 is 0. The molecule has 1 aliphatic heterocycles. The average molecular weight is 922 g/mol. The molecular formula is C55H59N3O10. The second kappa shape index (κ2) is 25.6. The lowest BCUT2D eigenvalue weighted by Crippen LogP contribution is -2.69. The molecule has 0 radical (unpaired) electrons. The number of nitrogens with zero attached hydrogens (tertiary/aromatic N) is 3. The highest BCUT2D eigenvalue weighted by molar-refractivity contribution is 5.19. The fourth-order valence-electron chi connectivity index (χ4n) is 8.71. The van der Waals surface area contributed by atoms with E-state index in [9.17, 15) is 10.6 Å². The van der Waals surface area contributed by atoms with Gasteiger partial charge in [0, 0.05) is 12.0 Å². The van der Waals surface area contributed by atoms with Crippen molar-refractivity contribution in [3.63, 3.8) is 0 Å². The molecule has 0 spiro atoms. The molecule has 0 amide bonds. The molecule has 11 atom stereocenters. The molecule has 0 bridgehead atoms. The van der Waals surface area contributed by atoms with Crippen LogP contribution in [-0.2, 0) is 82.3 Å². The summed E-state index contributed by atoms with van der Waals surface area (Å²) in [7, 11) is 1.52. The summed E-state index contributed by atoms with van der Waals surface area (Å²) in [5.41, 5.74) is 15.8. The molecule has 1 heterocycles. The summed E-state index contributed by atoms with van der Waals surface area (Å²) in [6, 6.07) is 57.5. The largest absolute Gasteiger partial charge is 0.387 e. The van der Waals surface area contributed by atoms with E-state index in [0.717, 1.165) is 33.4 Å². The van der Waals surface area contributed by atoms with E-state index in [1.54, 1.807) is 0 Å². The Morgan fingerprint density at radius 1 is 0.456 bits per heavy atom. The summed E-state index contributed by atoms with van der Waals surface area (Å²) in [6.07, 6.45) is -10.1. The van der Waals surface area contributed by atoms with Crippen LogP contribution in [-0.4, -0.2) is 86.1 Å². The molecule has 68 heavy (non-hydrogen) atoms. The zero-order chi connectivity index (χ0) is 46.8. The number of azide groups is 1. The van der Waals surface area contributed by atoms with Crippen LogP contribution in [0, 0.1) is 0 Å². The number of ether oxygens (including phenoxy) is 9. The van der Waals surface area contributed by atoms with Crippen LogP contribution < -0.4 is 0 Å². The van der Waals surface area contributed by atoms with Gasteiger partial charge in [-0.1, -0.05) is 187 Å². The van der Waals surface area contributed by atoms with Crippen molar-refractivity contribution >= 4 is 0 Å². The maximum Gasteiger partial charge on any atom is 0.169 e. The molecule has 13 heteroatoms. The number of aliphatic hydroxyl groups excluding tert-OH is 1. The molecule has 2 fully saturated rings. The van der Waals surface area contributed by atoms with Crippen LogP contribution in [0.25, 0.3) is 10.4 Å². The van der Waals surface area contributed by atoms with E-state index >= 15 is 0 Å². The number of rotatable bonds is 23. The highest BCUT2D eigenvalue weighted by atomic mass is 16.7. The van der Waals surface area contributed by atoms with Crippen molar-refractivity contribution in [3.8, 4) is 0 Å². The lowest BCUT2D eigenvalue weighted by molar-refractivity contribution is -0.336. The Hall–Kier alpha value is -5.77. The zero-order valence-corrected chi connectivity index (χ0v) is 38.1. The van der Waals surface area contributed by atoms with Crippen LogP contribution in [0.4, 0.5) is 0 Å². The minimum atomic E-state index is -1.36. The molecule has 1 saturated carbocycles. The van der Waals surface area contributed by atoms with Crippen molar-refractivity contribution in [3.05, 3.63) is 226 Å². The van der Waals surface area contributed by atoms with E-state index in [-0.39, 0.29) is 39.6 Å². The molecular weight excluding hydrogens is 863 g/mol.